The summed E-state index contributed by atoms with van der Waals surface area (Å²) in [6.07, 6.45) is 0.642. The number of hydrogen-bond acceptors (Lipinski definition) is 4. The third-order valence-electron chi connectivity index (χ3n) is 3.60. The zero-order valence-corrected chi connectivity index (χ0v) is 15.0. The number of rotatable bonds is 7. The summed E-state index contributed by atoms with van der Waals surface area (Å²) < 4.78 is 5.02. The highest BCUT2D eigenvalue weighted by Gasteiger charge is 2.13. The minimum absolute atomic E-state index is 0.0428. The molecule has 7 heteroatoms. The molecule has 0 fully saturated rings. The van der Waals surface area contributed by atoms with Crippen molar-refractivity contribution >= 4 is 17.6 Å². The molecule has 1 heterocycles. The van der Waals surface area contributed by atoms with Crippen LogP contribution >= 0.6 is 0 Å². The number of pyridine rings is 1. The number of methoxy groups -OCH3 is 1. The average Bonchev–Trinajstić information content (AvgIpc) is 2.53. The molecule has 0 bridgehead atoms. The lowest BCUT2D eigenvalue weighted by atomic mass is 10.1. The van der Waals surface area contributed by atoms with Gasteiger partial charge in [0.15, 0.2) is 0 Å². The van der Waals surface area contributed by atoms with Gasteiger partial charge in [-0.1, -0.05) is 13.8 Å². The van der Waals surface area contributed by atoms with Crippen molar-refractivity contribution in [3.63, 3.8) is 0 Å². The maximum atomic E-state index is 12.5. The Morgan fingerprint density at radius 2 is 1.88 bits per heavy atom. The first kappa shape index (κ1) is 19.4. The number of aromatic amines is 1. The highest BCUT2D eigenvalue weighted by molar-refractivity contribution is 6.04. The number of H-pyrrole nitrogens is 1. The zero-order chi connectivity index (χ0) is 19.3. The van der Waals surface area contributed by atoms with Gasteiger partial charge in [0.1, 0.15) is 0 Å². The Labute approximate surface area is 151 Å². The Morgan fingerprint density at radius 1 is 1.15 bits per heavy atom. The second kappa shape index (κ2) is 8.44. The van der Waals surface area contributed by atoms with E-state index in [0.717, 1.165) is 0 Å². The summed E-state index contributed by atoms with van der Waals surface area (Å²) in [6, 6.07) is 7.33. The molecular weight excluding hydrogens is 336 g/mol. The van der Waals surface area contributed by atoms with Crippen molar-refractivity contribution < 1.29 is 19.4 Å². The van der Waals surface area contributed by atoms with E-state index in [4.69, 9.17) is 4.74 Å². The first-order valence-corrected chi connectivity index (χ1v) is 8.19. The Balaban J connectivity index is 2.30. The van der Waals surface area contributed by atoms with Crippen LogP contribution in [0.25, 0.3) is 0 Å². The van der Waals surface area contributed by atoms with Crippen molar-refractivity contribution in [2.24, 2.45) is 5.92 Å². The van der Waals surface area contributed by atoms with Gasteiger partial charge >= 0.3 is 5.97 Å². The van der Waals surface area contributed by atoms with Gasteiger partial charge in [0.2, 0.25) is 5.56 Å². The molecule has 138 valence electrons. The molecule has 7 nitrogen and oxygen atoms in total. The Kier molecular flexibility index (Phi) is 6.30. The second-order valence-electron chi connectivity index (χ2n) is 6.47. The van der Waals surface area contributed by atoms with Gasteiger partial charge in [-0.25, -0.2) is 4.79 Å². The molecule has 0 aliphatic carbocycles. The second-order valence-corrected chi connectivity index (χ2v) is 6.47. The first-order valence-electron chi connectivity index (χ1n) is 8.19. The minimum atomic E-state index is -1.10. The van der Waals surface area contributed by atoms with Crippen LogP contribution in [0.4, 0.5) is 5.69 Å². The molecule has 0 spiro atoms. The predicted molar refractivity (Wildman–Crippen MR) is 97.7 cm³/mol. The molecule has 2 rings (SSSR count). The van der Waals surface area contributed by atoms with Crippen molar-refractivity contribution in [3.8, 4) is 0 Å². The third-order valence-corrected chi connectivity index (χ3v) is 3.60. The van der Waals surface area contributed by atoms with Crippen LogP contribution in [-0.4, -0.2) is 29.1 Å². The highest BCUT2D eigenvalue weighted by Crippen LogP contribution is 2.17. The zero-order valence-electron chi connectivity index (χ0n) is 15.0. The van der Waals surface area contributed by atoms with Crippen LogP contribution in [0.5, 0.6) is 0 Å². The Bertz CT molecular complexity index is 870. The maximum absolute atomic E-state index is 12.5. The van der Waals surface area contributed by atoms with Crippen LogP contribution in [0.2, 0.25) is 0 Å². The monoisotopic (exact) mass is 358 g/mol. The van der Waals surface area contributed by atoms with E-state index < -0.39 is 11.9 Å². The first-order chi connectivity index (χ1) is 12.3. The number of ether oxygens (including phenoxy) is 1. The fraction of sp³-hybridized carbons (Fsp3) is 0.316. The standard InChI is InChI=1S/C19H22N2O5/c1-11(2)4-15-7-13(9-17(22)20-15)18(23)21-16-6-12(10-26-3)5-14(8-16)19(24)25/h5-9,11H,4,10H2,1-3H3,(H,20,22)(H,21,23)(H,24,25). The number of aromatic carboxylic acids is 1. The van der Waals surface area contributed by atoms with E-state index in [0.29, 0.717) is 29.3 Å². The van der Waals surface area contributed by atoms with Gasteiger partial charge in [-0.05, 0) is 42.2 Å². The normalized spacial score (nSPS) is 10.8. The van der Waals surface area contributed by atoms with Crippen molar-refractivity contribution in [2.45, 2.75) is 26.9 Å². The number of carboxylic acid groups (broad SMARTS) is 1. The van der Waals surface area contributed by atoms with Crippen LogP contribution in [0.15, 0.2) is 35.1 Å². The van der Waals surface area contributed by atoms with Gasteiger partial charge in [-0.3, -0.25) is 9.59 Å². The number of hydrogen-bond donors (Lipinski definition) is 3. The smallest absolute Gasteiger partial charge is 0.335 e. The molecule has 0 saturated heterocycles. The van der Waals surface area contributed by atoms with E-state index in [1.54, 1.807) is 12.1 Å². The van der Waals surface area contributed by atoms with Crippen LogP contribution in [0, 0.1) is 5.92 Å². The molecule has 0 aliphatic heterocycles. The Hall–Kier alpha value is -2.93. The molecule has 0 saturated carbocycles. The van der Waals surface area contributed by atoms with E-state index in [-0.39, 0.29) is 23.3 Å². The summed E-state index contributed by atoms with van der Waals surface area (Å²) in [4.78, 5) is 38.3. The molecule has 1 aromatic heterocycles. The van der Waals surface area contributed by atoms with Crippen LogP contribution in [-0.2, 0) is 17.8 Å². The molecule has 2 aromatic rings. The number of carboxylic acids is 1. The molecular formula is C19H22N2O5. The van der Waals surface area contributed by atoms with Crippen molar-refractivity contribution in [1.29, 1.82) is 0 Å². The molecule has 26 heavy (non-hydrogen) atoms. The summed E-state index contributed by atoms with van der Waals surface area (Å²) in [5.41, 5.74) is 1.53. The molecule has 1 aromatic carbocycles. The van der Waals surface area contributed by atoms with E-state index in [2.05, 4.69) is 10.3 Å². The molecule has 1 amide bonds. The Morgan fingerprint density at radius 3 is 2.50 bits per heavy atom. The van der Waals surface area contributed by atoms with E-state index in [9.17, 15) is 19.5 Å². The van der Waals surface area contributed by atoms with Crippen molar-refractivity contribution in [1.82, 2.24) is 4.98 Å². The molecule has 0 atom stereocenters. The summed E-state index contributed by atoms with van der Waals surface area (Å²) in [5, 5.41) is 11.9. The SMILES string of the molecule is COCc1cc(NC(=O)c2cc(CC(C)C)[nH]c(=O)c2)cc(C(=O)O)c1. The summed E-state index contributed by atoms with van der Waals surface area (Å²) in [5.74, 6) is -1.26. The molecule has 0 unspecified atom stereocenters. The van der Waals surface area contributed by atoms with Crippen molar-refractivity contribution in [2.75, 3.05) is 12.4 Å². The fourth-order valence-electron chi connectivity index (χ4n) is 2.62. The minimum Gasteiger partial charge on any atom is -0.478 e. The number of nitrogens with one attached hydrogen (secondary N) is 2. The van der Waals surface area contributed by atoms with Gasteiger partial charge < -0.3 is 20.1 Å². The van der Waals surface area contributed by atoms with Gasteiger partial charge in [0.25, 0.3) is 5.91 Å². The number of amides is 1. The lowest BCUT2D eigenvalue weighted by molar-refractivity contribution is 0.0696. The highest BCUT2D eigenvalue weighted by atomic mass is 16.5. The lowest BCUT2D eigenvalue weighted by Gasteiger charge is -2.10. The number of anilines is 1. The quantitative estimate of drug-likeness (QED) is 0.705. The number of benzene rings is 1. The summed E-state index contributed by atoms with van der Waals surface area (Å²) in [7, 11) is 1.50. The van der Waals surface area contributed by atoms with Gasteiger partial charge in [0.05, 0.1) is 12.2 Å². The van der Waals surface area contributed by atoms with Crippen LogP contribution < -0.4 is 10.9 Å². The summed E-state index contributed by atoms with van der Waals surface area (Å²) >= 11 is 0. The topological polar surface area (TPSA) is 108 Å². The van der Waals surface area contributed by atoms with Crippen molar-refractivity contribution in [3.05, 3.63) is 63.1 Å². The molecule has 0 radical (unpaired) electrons. The third kappa shape index (κ3) is 5.29. The summed E-state index contributed by atoms with van der Waals surface area (Å²) in [6.45, 7) is 4.24. The number of carbonyl (C=O) groups is 2. The number of aromatic nitrogens is 1. The lowest BCUT2D eigenvalue weighted by Crippen LogP contribution is -2.18. The van der Waals surface area contributed by atoms with Crippen LogP contribution in [0.1, 0.15) is 45.8 Å². The molecule has 0 aliphatic rings. The number of carbonyl (C=O) groups excluding carboxylic acids is 1. The van der Waals surface area contributed by atoms with E-state index in [1.807, 2.05) is 13.8 Å². The van der Waals surface area contributed by atoms with E-state index >= 15 is 0 Å². The largest absolute Gasteiger partial charge is 0.478 e. The van der Waals surface area contributed by atoms with Gasteiger partial charge in [-0.2, -0.15) is 0 Å². The van der Waals surface area contributed by atoms with E-state index in [1.165, 1.54) is 25.3 Å². The average molecular weight is 358 g/mol. The van der Waals surface area contributed by atoms with Gasteiger partial charge in [-0.15, -0.1) is 0 Å². The maximum Gasteiger partial charge on any atom is 0.335 e. The fourth-order valence-corrected chi connectivity index (χ4v) is 2.62. The predicted octanol–water partition coefficient (Wildman–Crippen LogP) is 2.67. The van der Waals surface area contributed by atoms with Gasteiger partial charge in [0, 0.05) is 30.1 Å². The molecule has 3 N–H and O–H groups in total. The van der Waals surface area contributed by atoms with Crippen LogP contribution in [0.3, 0.4) is 0 Å².